The molecule has 0 aromatic heterocycles. The lowest BCUT2D eigenvalue weighted by molar-refractivity contribution is 0.469. The third-order valence-corrected chi connectivity index (χ3v) is 2.54. The first kappa shape index (κ1) is 10.4. The Balaban J connectivity index is 2.34. The molecule has 0 spiro atoms. The molecule has 0 fully saturated rings. The maximum atomic E-state index is 9.66. The van der Waals surface area contributed by atoms with Crippen molar-refractivity contribution < 1.29 is 5.11 Å². The number of hydrogen-bond acceptors (Lipinski definition) is 3. The average molecular weight is 214 g/mol. The van der Waals surface area contributed by atoms with E-state index in [0.29, 0.717) is 17.8 Å². The molecule has 82 valence electrons. The van der Waals surface area contributed by atoms with Gasteiger partial charge in [-0.3, -0.25) is 0 Å². The first-order valence-electron chi connectivity index (χ1n) is 5.07. The largest absolute Gasteiger partial charge is 0.508 e. The van der Waals surface area contributed by atoms with Crippen LogP contribution in [0.15, 0.2) is 42.5 Å². The molecule has 0 radical (unpaired) electrons. The van der Waals surface area contributed by atoms with Crippen LogP contribution in [0.4, 0.5) is 11.4 Å². The number of hydrogen-bond donors (Lipinski definition) is 3. The number of nitrogen functional groups attached to an aromatic ring is 2. The van der Waals surface area contributed by atoms with Crippen molar-refractivity contribution in [3.63, 3.8) is 0 Å². The van der Waals surface area contributed by atoms with Gasteiger partial charge in [0.15, 0.2) is 0 Å². The standard InChI is InChI=1S/C13H14N2O/c14-11-5-6-12(15)10(8-11)7-9-3-1-2-4-13(9)16/h1-6,8,16H,7,14-15H2. The van der Waals surface area contributed by atoms with E-state index in [9.17, 15) is 5.11 Å². The minimum Gasteiger partial charge on any atom is -0.508 e. The van der Waals surface area contributed by atoms with Gasteiger partial charge in [0, 0.05) is 17.8 Å². The van der Waals surface area contributed by atoms with E-state index in [0.717, 1.165) is 11.1 Å². The van der Waals surface area contributed by atoms with Crippen molar-refractivity contribution in [2.45, 2.75) is 6.42 Å². The van der Waals surface area contributed by atoms with Gasteiger partial charge in [-0.2, -0.15) is 0 Å². The normalized spacial score (nSPS) is 10.2. The summed E-state index contributed by atoms with van der Waals surface area (Å²) in [7, 11) is 0. The Kier molecular flexibility index (Phi) is 2.68. The second-order valence-electron chi connectivity index (χ2n) is 3.76. The zero-order chi connectivity index (χ0) is 11.5. The first-order chi connectivity index (χ1) is 7.66. The van der Waals surface area contributed by atoms with Crippen molar-refractivity contribution in [2.75, 3.05) is 11.5 Å². The molecule has 2 aromatic carbocycles. The molecule has 0 aliphatic carbocycles. The van der Waals surface area contributed by atoms with Crippen molar-refractivity contribution in [1.82, 2.24) is 0 Å². The van der Waals surface area contributed by atoms with Gasteiger partial charge in [0.05, 0.1) is 0 Å². The van der Waals surface area contributed by atoms with Gasteiger partial charge in [-0.15, -0.1) is 0 Å². The van der Waals surface area contributed by atoms with E-state index in [1.807, 2.05) is 18.2 Å². The summed E-state index contributed by atoms with van der Waals surface area (Å²) in [5.41, 5.74) is 14.7. The number of phenols is 1. The zero-order valence-corrected chi connectivity index (χ0v) is 8.85. The van der Waals surface area contributed by atoms with Crippen LogP contribution in [0.25, 0.3) is 0 Å². The van der Waals surface area contributed by atoms with Gasteiger partial charge in [0.1, 0.15) is 5.75 Å². The second-order valence-corrected chi connectivity index (χ2v) is 3.76. The van der Waals surface area contributed by atoms with E-state index in [1.54, 1.807) is 24.3 Å². The van der Waals surface area contributed by atoms with Gasteiger partial charge in [0.2, 0.25) is 0 Å². The zero-order valence-electron chi connectivity index (χ0n) is 8.85. The van der Waals surface area contributed by atoms with Crippen LogP contribution in [0, 0.1) is 0 Å². The number of anilines is 2. The highest BCUT2D eigenvalue weighted by molar-refractivity contribution is 5.57. The second kappa shape index (κ2) is 4.14. The molecule has 5 N–H and O–H groups in total. The van der Waals surface area contributed by atoms with Crippen molar-refractivity contribution in [3.05, 3.63) is 53.6 Å². The Morgan fingerprint density at radius 2 is 1.69 bits per heavy atom. The number of aromatic hydroxyl groups is 1. The third kappa shape index (κ3) is 2.08. The van der Waals surface area contributed by atoms with Crippen molar-refractivity contribution >= 4 is 11.4 Å². The van der Waals surface area contributed by atoms with Crippen LogP contribution >= 0.6 is 0 Å². The van der Waals surface area contributed by atoms with E-state index < -0.39 is 0 Å². The summed E-state index contributed by atoms with van der Waals surface area (Å²) in [6.07, 6.45) is 0.587. The van der Waals surface area contributed by atoms with E-state index >= 15 is 0 Å². The predicted octanol–water partition coefficient (Wildman–Crippen LogP) is 2.15. The monoisotopic (exact) mass is 214 g/mol. The molecule has 3 nitrogen and oxygen atoms in total. The molecular formula is C13H14N2O. The smallest absolute Gasteiger partial charge is 0.119 e. The lowest BCUT2D eigenvalue weighted by Crippen LogP contribution is -1.97. The average Bonchev–Trinajstić information content (AvgIpc) is 2.27. The quantitative estimate of drug-likeness (QED) is 0.671. The molecule has 0 amide bonds. The summed E-state index contributed by atoms with van der Waals surface area (Å²) < 4.78 is 0. The number of rotatable bonds is 2. The molecule has 2 rings (SSSR count). The SMILES string of the molecule is Nc1ccc(N)c(Cc2ccccc2O)c1. The topological polar surface area (TPSA) is 72.3 Å². The van der Waals surface area contributed by atoms with Gasteiger partial charge in [-0.1, -0.05) is 18.2 Å². The van der Waals surface area contributed by atoms with Crippen LogP contribution in [0.5, 0.6) is 5.75 Å². The Bertz CT molecular complexity index is 509. The minimum atomic E-state index is 0.282. The molecule has 0 saturated carbocycles. The summed E-state index contributed by atoms with van der Waals surface area (Å²) in [5.74, 6) is 0.282. The van der Waals surface area contributed by atoms with Gasteiger partial charge in [-0.25, -0.2) is 0 Å². The van der Waals surface area contributed by atoms with E-state index in [1.165, 1.54) is 0 Å². The van der Waals surface area contributed by atoms with Gasteiger partial charge in [-0.05, 0) is 35.4 Å². The van der Waals surface area contributed by atoms with Crippen LogP contribution in [-0.4, -0.2) is 5.11 Å². The maximum Gasteiger partial charge on any atom is 0.119 e. The summed E-state index contributed by atoms with van der Waals surface area (Å²) in [5, 5.41) is 9.66. The van der Waals surface area contributed by atoms with Crippen LogP contribution in [0.1, 0.15) is 11.1 Å². The highest BCUT2D eigenvalue weighted by Crippen LogP contribution is 2.24. The molecular weight excluding hydrogens is 200 g/mol. The van der Waals surface area contributed by atoms with E-state index in [4.69, 9.17) is 11.5 Å². The van der Waals surface area contributed by atoms with Crippen molar-refractivity contribution in [1.29, 1.82) is 0 Å². The highest BCUT2D eigenvalue weighted by Gasteiger charge is 2.04. The minimum absolute atomic E-state index is 0.282. The molecule has 0 aliphatic heterocycles. The summed E-state index contributed by atoms with van der Waals surface area (Å²) in [6, 6.07) is 12.6. The predicted molar refractivity (Wildman–Crippen MR) is 66.2 cm³/mol. The Morgan fingerprint density at radius 1 is 0.938 bits per heavy atom. The molecule has 0 atom stereocenters. The fourth-order valence-corrected chi connectivity index (χ4v) is 1.64. The number of benzene rings is 2. The number of phenolic OH excluding ortho intramolecular Hbond substituents is 1. The maximum absolute atomic E-state index is 9.66. The van der Waals surface area contributed by atoms with E-state index in [-0.39, 0.29) is 5.75 Å². The summed E-state index contributed by atoms with van der Waals surface area (Å²) in [4.78, 5) is 0. The van der Waals surface area contributed by atoms with Crippen LogP contribution < -0.4 is 11.5 Å². The molecule has 0 aliphatic rings. The first-order valence-corrected chi connectivity index (χ1v) is 5.07. The van der Waals surface area contributed by atoms with Gasteiger partial charge >= 0.3 is 0 Å². The Morgan fingerprint density at radius 3 is 2.44 bits per heavy atom. The van der Waals surface area contributed by atoms with Crippen molar-refractivity contribution in [3.8, 4) is 5.75 Å². The Labute approximate surface area is 94.3 Å². The Hall–Kier alpha value is -2.16. The molecule has 0 heterocycles. The summed E-state index contributed by atoms with van der Waals surface area (Å²) in [6.45, 7) is 0. The molecule has 2 aromatic rings. The van der Waals surface area contributed by atoms with Crippen LogP contribution in [0.2, 0.25) is 0 Å². The number of para-hydroxylation sites is 1. The lowest BCUT2D eigenvalue weighted by atomic mass is 10.0. The van der Waals surface area contributed by atoms with E-state index in [2.05, 4.69) is 0 Å². The molecule has 16 heavy (non-hydrogen) atoms. The van der Waals surface area contributed by atoms with Crippen LogP contribution in [0.3, 0.4) is 0 Å². The number of nitrogens with two attached hydrogens (primary N) is 2. The fourth-order valence-electron chi connectivity index (χ4n) is 1.64. The summed E-state index contributed by atoms with van der Waals surface area (Å²) >= 11 is 0. The van der Waals surface area contributed by atoms with Gasteiger partial charge in [0.25, 0.3) is 0 Å². The van der Waals surface area contributed by atoms with Crippen molar-refractivity contribution in [2.24, 2.45) is 0 Å². The molecule has 0 saturated heterocycles. The highest BCUT2D eigenvalue weighted by atomic mass is 16.3. The fraction of sp³-hybridized carbons (Fsp3) is 0.0769. The molecule has 0 unspecified atom stereocenters. The lowest BCUT2D eigenvalue weighted by Gasteiger charge is -2.08. The molecule has 0 bridgehead atoms. The third-order valence-electron chi connectivity index (χ3n) is 2.54. The van der Waals surface area contributed by atoms with Gasteiger partial charge < -0.3 is 16.6 Å². The molecule has 3 heteroatoms. The van der Waals surface area contributed by atoms with Crippen LogP contribution in [-0.2, 0) is 6.42 Å².